The fraction of sp³-hybridized carbons (Fsp3) is 0. The highest BCUT2D eigenvalue weighted by molar-refractivity contribution is 9.10. The zero-order valence-corrected chi connectivity index (χ0v) is 11.5. The number of benzene rings is 1. The maximum atomic E-state index is 5.56. The number of nitrogen functional groups attached to an aromatic ring is 1. The van der Waals surface area contributed by atoms with Crippen LogP contribution < -0.4 is 11.1 Å². The van der Waals surface area contributed by atoms with E-state index in [1.807, 2.05) is 23.7 Å². The summed E-state index contributed by atoms with van der Waals surface area (Å²) in [6.07, 6.45) is 1.62. The van der Waals surface area contributed by atoms with E-state index in [1.54, 1.807) is 17.5 Å². The predicted molar refractivity (Wildman–Crippen MR) is 77.0 cm³/mol. The number of halogens is 1. The molecule has 2 heterocycles. The van der Waals surface area contributed by atoms with Crippen LogP contribution in [-0.2, 0) is 0 Å². The Morgan fingerprint density at radius 2 is 2.17 bits per heavy atom. The van der Waals surface area contributed by atoms with Crippen molar-refractivity contribution in [1.82, 2.24) is 15.0 Å². The van der Waals surface area contributed by atoms with Gasteiger partial charge in [0.05, 0.1) is 20.2 Å². The van der Waals surface area contributed by atoms with E-state index in [-0.39, 0.29) is 5.95 Å². The number of anilines is 3. The van der Waals surface area contributed by atoms with Crippen molar-refractivity contribution in [3.8, 4) is 0 Å². The summed E-state index contributed by atoms with van der Waals surface area (Å²) in [7, 11) is 0. The molecule has 0 atom stereocenters. The molecular weight excluding hydrogens is 314 g/mol. The second kappa shape index (κ2) is 4.51. The zero-order chi connectivity index (χ0) is 12.5. The molecule has 3 rings (SSSR count). The molecule has 0 aliphatic carbocycles. The van der Waals surface area contributed by atoms with Gasteiger partial charge in [-0.2, -0.15) is 4.98 Å². The Morgan fingerprint density at radius 3 is 3.06 bits per heavy atom. The number of nitrogens with one attached hydrogen (secondary N) is 1. The molecule has 5 nitrogen and oxygen atoms in total. The monoisotopic (exact) mass is 321 g/mol. The average molecular weight is 322 g/mol. The van der Waals surface area contributed by atoms with Crippen LogP contribution >= 0.6 is 27.3 Å². The molecular formula is C11H8BrN5S. The fourth-order valence-corrected chi connectivity index (χ4v) is 2.54. The molecule has 0 spiro atoms. The zero-order valence-electron chi connectivity index (χ0n) is 9.09. The van der Waals surface area contributed by atoms with Gasteiger partial charge in [-0.1, -0.05) is 0 Å². The second-order valence-electron chi connectivity index (χ2n) is 3.58. The van der Waals surface area contributed by atoms with E-state index in [0.717, 1.165) is 20.4 Å². The number of hydrogen-bond donors (Lipinski definition) is 2. The minimum atomic E-state index is 0.236. The van der Waals surface area contributed by atoms with Crippen molar-refractivity contribution in [2.24, 2.45) is 0 Å². The minimum Gasteiger partial charge on any atom is -0.368 e. The molecule has 90 valence electrons. The lowest BCUT2D eigenvalue weighted by molar-refractivity contribution is 1.17. The number of aromatic nitrogens is 3. The van der Waals surface area contributed by atoms with Crippen LogP contribution in [0.15, 0.2) is 34.4 Å². The van der Waals surface area contributed by atoms with Crippen LogP contribution in [0.2, 0.25) is 0 Å². The van der Waals surface area contributed by atoms with Crippen LogP contribution in [0, 0.1) is 0 Å². The van der Waals surface area contributed by atoms with E-state index < -0.39 is 0 Å². The van der Waals surface area contributed by atoms with Gasteiger partial charge < -0.3 is 11.1 Å². The third-order valence-electron chi connectivity index (χ3n) is 2.36. The molecule has 0 aliphatic rings. The molecule has 0 fully saturated rings. The van der Waals surface area contributed by atoms with Gasteiger partial charge >= 0.3 is 0 Å². The molecule has 0 radical (unpaired) electrons. The fourth-order valence-electron chi connectivity index (χ4n) is 1.54. The topological polar surface area (TPSA) is 76.7 Å². The summed E-state index contributed by atoms with van der Waals surface area (Å²) in [6, 6.07) is 5.94. The van der Waals surface area contributed by atoms with E-state index >= 15 is 0 Å². The molecule has 1 aromatic carbocycles. The second-order valence-corrected chi connectivity index (χ2v) is 5.33. The van der Waals surface area contributed by atoms with Crippen molar-refractivity contribution >= 4 is 54.9 Å². The molecule has 0 saturated heterocycles. The van der Waals surface area contributed by atoms with Crippen molar-refractivity contribution in [3.63, 3.8) is 0 Å². The van der Waals surface area contributed by atoms with Gasteiger partial charge in [0.2, 0.25) is 5.95 Å². The van der Waals surface area contributed by atoms with Gasteiger partial charge in [0, 0.05) is 11.9 Å². The molecule has 7 heteroatoms. The first-order chi connectivity index (χ1) is 8.72. The van der Waals surface area contributed by atoms with E-state index in [0.29, 0.717) is 5.82 Å². The number of hydrogen-bond acceptors (Lipinski definition) is 6. The lowest BCUT2D eigenvalue weighted by Gasteiger charge is -2.07. The van der Waals surface area contributed by atoms with Crippen LogP contribution in [-0.4, -0.2) is 15.0 Å². The minimum absolute atomic E-state index is 0.236. The summed E-state index contributed by atoms with van der Waals surface area (Å²) < 4.78 is 1.89. The Labute approximate surface area is 115 Å². The van der Waals surface area contributed by atoms with Crippen molar-refractivity contribution < 1.29 is 0 Å². The number of nitrogens with two attached hydrogens (primary N) is 1. The van der Waals surface area contributed by atoms with Crippen molar-refractivity contribution in [1.29, 1.82) is 0 Å². The van der Waals surface area contributed by atoms with Crippen molar-refractivity contribution in [2.45, 2.75) is 0 Å². The highest BCUT2D eigenvalue weighted by Crippen LogP contribution is 2.27. The number of thiazole rings is 1. The third-order valence-corrected chi connectivity index (χ3v) is 3.73. The molecule has 0 bridgehead atoms. The maximum Gasteiger partial charge on any atom is 0.222 e. The van der Waals surface area contributed by atoms with Crippen LogP contribution in [0.1, 0.15) is 0 Å². The summed E-state index contributed by atoms with van der Waals surface area (Å²) in [4.78, 5) is 12.3. The van der Waals surface area contributed by atoms with E-state index in [2.05, 4.69) is 36.2 Å². The van der Waals surface area contributed by atoms with Gasteiger partial charge in [0.1, 0.15) is 5.82 Å². The van der Waals surface area contributed by atoms with E-state index in [9.17, 15) is 0 Å². The Bertz CT molecular complexity index is 711. The van der Waals surface area contributed by atoms with Gasteiger partial charge in [-0.05, 0) is 34.1 Å². The standard InChI is InChI=1S/C11H8BrN5S/c12-7-4-14-11(13)17-10(7)16-6-1-2-8-9(3-6)18-5-15-8/h1-5H,(H3,13,14,16,17). The maximum absolute atomic E-state index is 5.56. The molecule has 0 amide bonds. The summed E-state index contributed by atoms with van der Waals surface area (Å²) in [5, 5.41) is 3.20. The third kappa shape index (κ3) is 2.14. The lowest BCUT2D eigenvalue weighted by atomic mass is 10.3. The normalized spacial score (nSPS) is 10.7. The smallest absolute Gasteiger partial charge is 0.222 e. The Balaban J connectivity index is 1.97. The quantitative estimate of drug-likeness (QED) is 0.758. The summed E-state index contributed by atoms with van der Waals surface area (Å²) in [5.41, 5.74) is 9.32. The van der Waals surface area contributed by atoms with E-state index in [1.165, 1.54) is 0 Å². The summed E-state index contributed by atoms with van der Waals surface area (Å²) in [6.45, 7) is 0. The highest BCUT2D eigenvalue weighted by atomic mass is 79.9. The highest BCUT2D eigenvalue weighted by Gasteiger charge is 2.05. The predicted octanol–water partition coefficient (Wildman–Crippen LogP) is 3.17. The molecule has 3 aromatic rings. The van der Waals surface area contributed by atoms with Crippen LogP contribution in [0.25, 0.3) is 10.2 Å². The van der Waals surface area contributed by atoms with Crippen molar-refractivity contribution in [2.75, 3.05) is 11.1 Å². The largest absolute Gasteiger partial charge is 0.368 e. The Hall–Kier alpha value is -1.73. The lowest BCUT2D eigenvalue weighted by Crippen LogP contribution is -2.00. The molecule has 3 N–H and O–H groups in total. The summed E-state index contributed by atoms with van der Waals surface area (Å²) >= 11 is 4.98. The summed E-state index contributed by atoms with van der Waals surface area (Å²) in [5.74, 6) is 0.880. The van der Waals surface area contributed by atoms with Crippen LogP contribution in [0.4, 0.5) is 17.5 Å². The van der Waals surface area contributed by atoms with Gasteiger partial charge in [-0.25, -0.2) is 9.97 Å². The van der Waals surface area contributed by atoms with E-state index in [4.69, 9.17) is 5.73 Å². The van der Waals surface area contributed by atoms with Crippen LogP contribution in [0.5, 0.6) is 0 Å². The van der Waals surface area contributed by atoms with Gasteiger partial charge in [0.25, 0.3) is 0 Å². The first-order valence-corrected chi connectivity index (χ1v) is 6.78. The Kier molecular flexibility index (Phi) is 2.85. The first-order valence-electron chi connectivity index (χ1n) is 5.11. The Morgan fingerprint density at radius 1 is 1.28 bits per heavy atom. The average Bonchev–Trinajstić information content (AvgIpc) is 2.81. The van der Waals surface area contributed by atoms with Gasteiger partial charge in [0.15, 0.2) is 0 Å². The van der Waals surface area contributed by atoms with Crippen molar-refractivity contribution in [3.05, 3.63) is 34.4 Å². The van der Waals surface area contributed by atoms with Crippen LogP contribution in [0.3, 0.4) is 0 Å². The van der Waals surface area contributed by atoms with Gasteiger partial charge in [-0.15, -0.1) is 11.3 Å². The number of nitrogens with zero attached hydrogens (tertiary/aromatic N) is 3. The SMILES string of the molecule is Nc1ncc(Br)c(Nc2ccc3ncsc3c2)n1. The molecule has 18 heavy (non-hydrogen) atoms. The molecule has 0 aliphatic heterocycles. The number of fused-ring (bicyclic) bond motifs is 1. The molecule has 0 saturated carbocycles. The first kappa shape index (κ1) is 11.4. The van der Waals surface area contributed by atoms with Gasteiger partial charge in [-0.3, -0.25) is 0 Å². The number of rotatable bonds is 2. The molecule has 0 unspecified atom stereocenters. The molecule has 2 aromatic heterocycles.